The number of anilines is 1. The second-order valence-corrected chi connectivity index (χ2v) is 15.0. The maximum Gasteiger partial charge on any atom is 0.264 e. The summed E-state index contributed by atoms with van der Waals surface area (Å²) >= 11 is 0. The maximum atomic E-state index is 14.1. The lowest BCUT2D eigenvalue weighted by Gasteiger charge is -2.29. The average Bonchev–Trinajstić information content (AvgIpc) is 3.08. The maximum absolute atomic E-state index is 14.1. The van der Waals surface area contributed by atoms with Gasteiger partial charge >= 0.3 is 0 Å². The fourth-order valence-electron chi connectivity index (χ4n) is 5.53. The summed E-state index contributed by atoms with van der Waals surface area (Å²) in [5, 5.41) is 16.0. The van der Waals surface area contributed by atoms with Gasteiger partial charge in [0.15, 0.2) is 11.5 Å². The Labute approximate surface area is 290 Å². The first-order valence-corrected chi connectivity index (χ1v) is 18.4. The van der Waals surface area contributed by atoms with Gasteiger partial charge in [-0.1, -0.05) is 83.5 Å². The van der Waals surface area contributed by atoms with Crippen molar-refractivity contribution in [2.24, 2.45) is 17.8 Å². The van der Waals surface area contributed by atoms with Crippen LogP contribution in [-0.4, -0.2) is 63.2 Å². The molecule has 2 atom stereocenters. The predicted octanol–water partition coefficient (Wildman–Crippen LogP) is 5.28. The molecule has 1 aliphatic heterocycles. The third kappa shape index (κ3) is 10.4. The molecule has 2 amide bonds. The van der Waals surface area contributed by atoms with Crippen molar-refractivity contribution in [2.75, 3.05) is 37.2 Å². The molecule has 0 unspecified atom stereocenters. The molecule has 0 aliphatic carbocycles. The summed E-state index contributed by atoms with van der Waals surface area (Å²) in [5.74, 6) is 0.0524. The quantitative estimate of drug-likeness (QED) is 0.172. The Balaban J connectivity index is 1.51. The lowest BCUT2D eigenvalue weighted by molar-refractivity contribution is -0.142. The number of carbonyl (C=O) groups is 2. The van der Waals surface area contributed by atoms with Gasteiger partial charge in [-0.3, -0.25) is 24.3 Å². The zero-order valence-electron chi connectivity index (χ0n) is 29.1. The number of para-hydroxylation sites is 1. The number of nitrogens with one attached hydrogen (secondary N) is 2. The summed E-state index contributed by atoms with van der Waals surface area (Å²) in [6.45, 7) is 11.3. The normalized spacial score (nSPS) is 13.8. The average molecular weight is 695 g/mol. The zero-order chi connectivity index (χ0) is 35.6. The number of ether oxygens (including phenoxy) is 2. The van der Waals surface area contributed by atoms with Crippen LogP contribution >= 0.6 is 0 Å². The smallest absolute Gasteiger partial charge is 0.264 e. The van der Waals surface area contributed by atoms with E-state index in [1.54, 1.807) is 24.3 Å². The second-order valence-electron chi connectivity index (χ2n) is 13.2. The lowest BCUT2D eigenvalue weighted by atomic mass is 9.98. The molecule has 0 bridgehead atoms. The van der Waals surface area contributed by atoms with E-state index in [9.17, 15) is 23.1 Å². The Morgan fingerprint density at radius 1 is 0.898 bits per heavy atom. The largest absolute Gasteiger partial charge is 0.505 e. The van der Waals surface area contributed by atoms with Gasteiger partial charge in [0.1, 0.15) is 19.0 Å². The van der Waals surface area contributed by atoms with Crippen LogP contribution in [0.4, 0.5) is 5.69 Å². The summed E-state index contributed by atoms with van der Waals surface area (Å²) in [4.78, 5) is 26.3. The molecule has 3 N–H and O–H groups in total. The van der Waals surface area contributed by atoms with Gasteiger partial charge in [-0.15, -0.1) is 0 Å². The van der Waals surface area contributed by atoms with E-state index >= 15 is 0 Å². The van der Waals surface area contributed by atoms with Gasteiger partial charge in [-0.05, 0) is 53.5 Å². The van der Waals surface area contributed by atoms with E-state index < -0.39 is 10.0 Å². The Bertz CT molecular complexity index is 1670. The third-order valence-electron chi connectivity index (χ3n) is 8.30. The number of nitrogens with zero attached hydrogens (tertiary/aromatic N) is 2. The molecule has 1 aliphatic rings. The first kappa shape index (κ1) is 37.5. The number of sulfonamides is 1. The van der Waals surface area contributed by atoms with Crippen LogP contribution in [0.1, 0.15) is 58.6 Å². The van der Waals surface area contributed by atoms with E-state index in [-0.39, 0.29) is 72.0 Å². The van der Waals surface area contributed by atoms with Crippen LogP contribution in [0.25, 0.3) is 0 Å². The third-order valence-corrected chi connectivity index (χ3v) is 10.1. The van der Waals surface area contributed by atoms with Crippen molar-refractivity contribution < 1.29 is 32.6 Å². The SMILES string of the molecule is CC[C@H](C)CC(=O)N(C[C@H](C)Cc1cccc(N(CC(C)C)S(=O)(=O)c2ccc3c(c2)OCCO3)c1O)NC(=O)CNCc1ccccc1. The van der Waals surface area contributed by atoms with Gasteiger partial charge < -0.3 is 19.9 Å². The summed E-state index contributed by atoms with van der Waals surface area (Å²) in [6, 6.07) is 19.3. The van der Waals surface area contributed by atoms with Crippen LogP contribution in [0.5, 0.6) is 17.2 Å². The zero-order valence-corrected chi connectivity index (χ0v) is 30.0. The predicted molar refractivity (Wildman–Crippen MR) is 190 cm³/mol. The molecule has 266 valence electrons. The summed E-state index contributed by atoms with van der Waals surface area (Å²) in [7, 11) is -4.10. The summed E-state index contributed by atoms with van der Waals surface area (Å²) < 4.78 is 40.6. The van der Waals surface area contributed by atoms with Gasteiger partial charge in [-0.2, -0.15) is 0 Å². The number of phenols is 1. The monoisotopic (exact) mass is 694 g/mol. The van der Waals surface area contributed by atoms with Gasteiger partial charge in [0, 0.05) is 32.1 Å². The van der Waals surface area contributed by atoms with Gasteiger partial charge in [0.05, 0.1) is 17.1 Å². The molecular weight excluding hydrogens is 644 g/mol. The minimum atomic E-state index is -4.10. The number of hydrazine groups is 1. The molecule has 49 heavy (non-hydrogen) atoms. The van der Waals surface area contributed by atoms with Crippen LogP contribution in [0, 0.1) is 17.8 Å². The fraction of sp³-hybridized carbons (Fsp3) is 0.459. The van der Waals surface area contributed by atoms with Crippen molar-refractivity contribution in [3.05, 3.63) is 77.9 Å². The Kier molecular flexibility index (Phi) is 13.3. The molecule has 3 aromatic rings. The molecule has 0 saturated heterocycles. The van der Waals surface area contributed by atoms with E-state index in [0.717, 1.165) is 12.0 Å². The van der Waals surface area contributed by atoms with Gasteiger partial charge in [0.25, 0.3) is 15.9 Å². The van der Waals surface area contributed by atoms with E-state index in [1.807, 2.05) is 65.0 Å². The van der Waals surface area contributed by atoms with Crippen molar-refractivity contribution in [1.29, 1.82) is 0 Å². The van der Waals surface area contributed by atoms with Crippen molar-refractivity contribution in [2.45, 2.75) is 65.3 Å². The number of benzene rings is 3. The van der Waals surface area contributed by atoms with Crippen LogP contribution in [0.15, 0.2) is 71.6 Å². The number of amides is 2. The van der Waals surface area contributed by atoms with E-state index in [4.69, 9.17) is 9.47 Å². The Morgan fingerprint density at radius 2 is 1.61 bits per heavy atom. The fourth-order valence-corrected chi connectivity index (χ4v) is 7.18. The Morgan fingerprint density at radius 3 is 2.31 bits per heavy atom. The van der Waals surface area contributed by atoms with Gasteiger partial charge in [0.2, 0.25) is 5.91 Å². The summed E-state index contributed by atoms with van der Waals surface area (Å²) in [5.41, 5.74) is 4.52. The Hall–Kier alpha value is -4.29. The highest BCUT2D eigenvalue weighted by Gasteiger charge is 2.30. The molecule has 0 aromatic heterocycles. The number of aromatic hydroxyl groups is 1. The number of fused-ring (bicyclic) bond motifs is 1. The van der Waals surface area contributed by atoms with Crippen molar-refractivity contribution >= 4 is 27.5 Å². The van der Waals surface area contributed by atoms with Crippen molar-refractivity contribution in [1.82, 2.24) is 15.8 Å². The second kappa shape index (κ2) is 17.4. The molecular formula is C37H50N4O7S. The number of carbonyl (C=O) groups excluding carboxylic acids is 2. The first-order valence-electron chi connectivity index (χ1n) is 17.0. The highest BCUT2D eigenvalue weighted by Crippen LogP contribution is 2.38. The standard InChI is InChI=1S/C37H50N4O7S/c1-6-27(4)20-36(43)40(39-35(42)23-38-22-29-11-8-7-9-12-29)25-28(5)19-30-13-10-14-32(37(30)44)41(24-26(2)3)49(45,46)31-15-16-33-34(21-31)48-18-17-47-33/h7-16,21,26-28,38,44H,6,17-20,22-25H2,1-5H3,(H,39,42)/t27-,28+/m0/s1. The number of phenolic OH excluding ortho intramolecular Hbond substituents is 1. The van der Waals surface area contributed by atoms with Crippen LogP contribution in [0.3, 0.4) is 0 Å². The van der Waals surface area contributed by atoms with Crippen molar-refractivity contribution in [3.8, 4) is 17.2 Å². The molecule has 4 rings (SSSR count). The number of rotatable bonds is 16. The van der Waals surface area contributed by atoms with E-state index in [0.29, 0.717) is 43.2 Å². The molecule has 12 heteroatoms. The van der Waals surface area contributed by atoms with Crippen LogP contribution in [-0.2, 0) is 32.6 Å². The number of hydrogen-bond donors (Lipinski definition) is 3. The van der Waals surface area contributed by atoms with Crippen LogP contribution < -0.4 is 24.5 Å². The first-order chi connectivity index (χ1) is 23.4. The summed E-state index contributed by atoms with van der Waals surface area (Å²) in [6.07, 6.45) is 1.43. The highest BCUT2D eigenvalue weighted by atomic mass is 32.2. The van der Waals surface area contributed by atoms with Gasteiger partial charge in [-0.25, -0.2) is 8.42 Å². The van der Waals surface area contributed by atoms with Crippen LogP contribution in [0.2, 0.25) is 0 Å². The minimum absolute atomic E-state index is 0.0278. The number of hydrogen-bond acceptors (Lipinski definition) is 8. The van der Waals surface area contributed by atoms with Crippen molar-refractivity contribution in [3.63, 3.8) is 0 Å². The molecule has 0 saturated carbocycles. The van der Waals surface area contributed by atoms with E-state index in [1.165, 1.54) is 21.4 Å². The topological polar surface area (TPSA) is 138 Å². The molecule has 0 fully saturated rings. The minimum Gasteiger partial charge on any atom is -0.505 e. The molecule has 0 radical (unpaired) electrons. The molecule has 1 heterocycles. The molecule has 0 spiro atoms. The molecule has 11 nitrogen and oxygen atoms in total. The van der Waals surface area contributed by atoms with E-state index in [2.05, 4.69) is 10.7 Å². The molecule has 3 aromatic carbocycles. The lowest BCUT2D eigenvalue weighted by Crippen LogP contribution is -2.51. The highest BCUT2D eigenvalue weighted by molar-refractivity contribution is 7.92.